The zero-order chi connectivity index (χ0) is 24.4. The van der Waals surface area contributed by atoms with Gasteiger partial charge in [-0.05, 0) is 92.4 Å². The third kappa shape index (κ3) is 2.78. The first kappa shape index (κ1) is 22.2. The summed E-state index contributed by atoms with van der Waals surface area (Å²) >= 11 is 12.5. The number of carbonyl (C=O) groups is 1. The average molecular weight is 525 g/mol. The number of likely N-dealkylation sites (tertiary alicyclic amines) is 2. The summed E-state index contributed by atoms with van der Waals surface area (Å²) in [6, 6.07) is 11.6. The fourth-order valence-electron chi connectivity index (χ4n) is 9.10. The lowest BCUT2D eigenvalue weighted by atomic mass is 9.46. The predicted molar refractivity (Wildman–Crippen MR) is 138 cm³/mol. The number of nitrogens with zero attached hydrogens (tertiary/aromatic N) is 2. The molecule has 5 unspecified atom stereocenters. The van der Waals surface area contributed by atoms with Crippen LogP contribution < -0.4 is 0 Å². The fraction of sp³-hybridized carbons (Fsp3) is 0.552. The summed E-state index contributed by atoms with van der Waals surface area (Å²) in [6.45, 7) is 2.85. The monoisotopic (exact) mass is 524 g/mol. The van der Waals surface area contributed by atoms with Crippen LogP contribution in [-0.4, -0.2) is 64.2 Å². The molecule has 0 spiro atoms. The molecule has 0 aromatic heterocycles. The topological polar surface area (TPSA) is 53.0 Å². The van der Waals surface area contributed by atoms with Crippen molar-refractivity contribution in [1.82, 2.24) is 9.80 Å². The quantitative estimate of drug-likeness (QED) is 0.610. The Kier molecular flexibility index (Phi) is 4.57. The van der Waals surface area contributed by atoms with Crippen LogP contribution >= 0.6 is 23.2 Å². The highest BCUT2D eigenvalue weighted by Crippen LogP contribution is 2.69. The van der Waals surface area contributed by atoms with E-state index in [4.69, 9.17) is 27.9 Å². The Labute approximate surface area is 221 Å². The van der Waals surface area contributed by atoms with Crippen molar-refractivity contribution >= 4 is 29.1 Å². The van der Waals surface area contributed by atoms with Crippen molar-refractivity contribution in [2.24, 2.45) is 11.8 Å². The Hall–Kier alpha value is -1.79. The van der Waals surface area contributed by atoms with E-state index >= 15 is 0 Å². The van der Waals surface area contributed by atoms with Crippen molar-refractivity contribution in [2.75, 3.05) is 19.6 Å². The number of carbonyl (C=O) groups excluding carboxylic acids is 1. The van der Waals surface area contributed by atoms with Gasteiger partial charge in [-0.15, -0.1) is 0 Å². The molecule has 3 heterocycles. The second kappa shape index (κ2) is 7.41. The van der Waals surface area contributed by atoms with Crippen molar-refractivity contribution in [3.63, 3.8) is 0 Å². The van der Waals surface area contributed by atoms with E-state index in [-0.39, 0.29) is 35.0 Å². The van der Waals surface area contributed by atoms with Crippen LogP contribution in [0.25, 0.3) is 0 Å². The van der Waals surface area contributed by atoms with Crippen LogP contribution in [0.1, 0.15) is 53.6 Å². The molecular weight excluding hydrogens is 495 g/mol. The van der Waals surface area contributed by atoms with E-state index in [9.17, 15) is 9.90 Å². The van der Waals surface area contributed by atoms with Gasteiger partial charge in [-0.2, -0.15) is 0 Å². The minimum Gasteiger partial charge on any atom is -0.508 e. The number of benzene rings is 2. The van der Waals surface area contributed by atoms with Gasteiger partial charge < -0.3 is 14.7 Å². The Bertz CT molecular complexity index is 1280. The van der Waals surface area contributed by atoms with E-state index in [1.807, 2.05) is 17.0 Å². The van der Waals surface area contributed by atoms with Gasteiger partial charge in [0.2, 0.25) is 0 Å². The van der Waals surface area contributed by atoms with Crippen molar-refractivity contribution in [3.05, 3.63) is 63.1 Å². The summed E-state index contributed by atoms with van der Waals surface area (Å²) in [5.41, 5.74) is 2.77. The lowest BCUT2D eigenvalue weighted by Crippen LogP contribution is -2.74. The number of rotatable bonds is 3. The third-order valence-electron chi connectivity index (χ3n) is 10.4. The van der Waals surface area contributed by atoms with Crippen LogP contribution in [0.4, 0.5) is 0 Å². The first-order chi connectivity index (χ1) is 17.4. The van der Waals surface area contributed by atoms with Gasteiger partial charge in [-0.1, -0.05) is 29.3 Å². The lowest BCUT2D eigenvalue weighted by Gasteiger charge is -2.64. The Balaban J connectivity index is 1.23. The normalized spacial score (nSPS) is 38.1. The number of fused-ring (bicyclic) bond motifs is 1. The molecule has 0 radical (unpaired) electrons. The molecule has 4 bridgehead atoms. The Morgan fingerprint density at radius 1 is 1.08 bits per heavy atom. The van der Waals surface area contributed by atoms with Gasteiger partial charge in [0.15, 0.2) is 0 Å². The van der Waals surface area contributed by atoms with Crippen LogP contribution in [0.5, 0.6) is 5.75 Å². The molecule has 3 aliphatic heterocycles. The van der Waals surface area contributed by atoms with Crippen molar-refractivity contribution in [3.8, 4) is 5.75 Å². The number of phenolic OH excluding ortho intramolecular Hbond substituents is 1. The van der Waals surface area contributed by atoms with Crippen LogP contribution in [0.2, 0.25) is 10.0 Å². The predicted octanol–water partition coefficient (Wildman–Crippen LogP) is 5.05. The van der Waals surface area contributed by atoms with Gasteiger partial charge in [0.25, 0.3) is 5.91 Å². The minimum atomic E-state index is -0.235. The van der Waals surface area contributed by atoms with E-state index in [0.717, 1.165) is 38.1 Å². The van der Waals surface area contributed by atoms with Crippen LogP contribution in [0.3, 0.4) is 0 Å². The molecule has 5 nitrogen and oxygen atoms in total. The Morgan fingerprint density at radius 2 is 1.89 bits per heavy atom. The molecule has 7 heteroatoms. The van der Waals surface area contributed by atoms with Crippen LogP contribution in [0.15, 0.2) is 36.4 Å². The summed E-state index contributed by atoms with van der Waals surface area (Å²) < 4.78 is 7.25. The smallest absolute Gasteiger partial charge is 0.254 e. The summed E-state index contributed by atoms with van der Waals surface area (Å²) in [5, 5.41) is 11.5. The first-order valence-electron chi connectivity index (χ1n) is 13.4. The number of hydrogen-bond acceptors (Lipinski definition) is 4. The summed E-state index contributed by atoms with van der Waals surface area (Å²) in [5.74, 6) is 1.39. The van der Waals surface area contributed by atoms with Gasteiger partial charge in [0.05, 0.1) is 11.7 Å². The molecule has 6 atom stereocenters. The number of ether oxygens (including phenoxy) is 1. The van der Waals surface area contributed by atoms with E-state index in [2.05, 4.69) is 11.0 Å². The molecule has 2 aromatic rings. The lowest BCUT2D eigenvalue weighted by molar-refractivity contribution is -0.171. The van der Waals surface area contributed by atoms with Crippen molar-refractivity contribution in [2.45, 2.75) is 67.7 Å². The molecule has 2 aromatic carbocycles. The molecule has 1 amide bonds. The molecule has 3 aliphatic carbocycles. The number of hydrogen-bond donors (Lipinski definition) is 1. The molecule has 5 fully saturated rings. The SMILES string of the molecule is O=C(c1cc(Cl)cc(Cl)c1)N1C[C@H]2OC34CCC1C2C31CCN(CC2CC2)C4Cc2ccc(O)cc21. The molecule has 36 heavy (non-hydrogen) atoms. The molecule has 3 saturated heterocycles. The third-order valence-corrected chi connectivity index (χ3v) is 10.8. The van der Waals surface area contributed by atoms with E-state index in [1.165, 1.54) is 30.5 Å². The van der Waals surface area contributed by atoms with Crippen LogP contribution in [-0.2, 0) is 16.6 Å². The highest BCUT2D eigenvalue weighted by Gasteiger charge is 2.78. The maximum Gasteiger partial charge on any atom is 0.254 e. The zero-order valence-corrected chi connectivity index (χ0v) is 21.6. The van der Waals surface area contributed by atoms with Gasteiger partial charge >= 0.3 is 0 Å². The standard InChI is InChI=1S/C29H30Cl2N2O3/c30-19-9-18(10-20(31)12-19)27(35)33-15-24-26-23(33)5-6-29(36-24)25-11-17-3-4-21(34)13-22(17)28(26,29)7-8-32(25)14-16-1-2-16/h3-4,9-10,12-13,16,23-26,34H,1-2,5-8,11,14-15H2/t23?,24-,25?,26?,28?,29?/m1/s1. The van der Waals surface area contributed by atoms with E-state index in [0.29, 0.717) is 33.9 Å². The molecule has 8 rings (SSSR count). The first-order valence-corrected chi connectivity index (χ1v) is 14.2. The van der Waals surface area contributed by atoms with Crippen molar-refractivity contribution < 1.29 is 14.6 Å². The number of piperidine rings is 1. The average Bonchev–Trinajstić information content (AvgIpc) is 3.53. The molecule has 2 saturated carbocycles. The zero-order valence-electron chi connectivity index (χ0n) is 20.1. The number of aromatic hydroxyl groups is 1. The summed E-state index contributed by atoms with van der Waals surface area (Å²) in [6.07, 6.45) is 6.62. The molecular formula is C29H30Cl2N2O3. The van der Waals surface area contributed by atoms with Crippen molar-refractivity contribution in [1.29, 1.82) is 0 Å². The Morgan fingerprint density at radius 3 is 2.67 bits per heavy atom. The van der Waals surface area contributed by atoms with E-state index in [1.54, 1.807) is 18.2 Å². The molecule has 1 N–H and O–H groups in total. The summed E-state index contributed by atoms with van der Waals surface area (Å²) in [4.78, 5) is 18.6. The fourth-order valence-corrected chi connectivity index (χ4v) is 9.62. The number of halogens is 2. The molecule has 188 valence electrons. The number of amides is 1. The maximum atomic E-state index is 13.8. The highest BCUT2D eigenvalue weighted by atomic mass is 35.5. The van der Waals surface area contributed by atoms with Gasteiger partial charge in [-0.3, -0.25) is 9.69 Å². The summed E-state index contributed by atoms with van der Waals surface area (Å²) in [7, 11) is 0. The maximum absolute atomic E-state index is 13.8. The minimum absolute atomic E-state index is 0.00720. The number of phenols is 1. The second-order valence-corrected chi connectivity index (χ2v) is 12.9. The van der Waals surface area contributed by atoms with Crippen LogP contribution in [0, 0.1) is 11.8 Å². The highest BCUT2D eigenvalue weighted by molar-refractivity contribution is 6.35. The molecule has 6 aliphatic rings. The van der Waals surface area contributed by atoms with E-state index < -0.39 is 0 Å². The van der Waals surface area contributed by atoms with Gasteiger partial charge in [0, 0.05) is 52.1 Å². The van der Waals surface area contributed by atoms with Gasteiger partial charge in [-0.25, -0.2) is 0 Å². The second-order valence-electron chi connectivity index (χ2n) is 12.0. The van der Waals surface area contributed by atoms with Gasteiger partial charge in [0.1, 0.15) is 5.75 Å². The largest absolute Gasteiger partial charge is 0.508 e.